The van der Waals surface area contributed by atoms with Gasteiger partial charge < -0.3 is 9.30 Å². The molecular weight excluding hydrogens is 411 g/mol. The first kappa shape index (κ1) is 21.3. The Morgan fingerprint density at radius 2 is 1.93 bits per heavy atom. The first-order valence-corrected chi connectivity index (χ1v) is 10.6. The largest absolute Gasteiger partial charge is 0.496 e. The molecule has 0 aliphatic carbocycles. The first-order chi connectivity index (χ1) is 14.0. The molecule has 0 radical (unpaired) electrons. The van der Waals surface area contributed by atoms with Gasteiger partial charge in [-0.15, -0.1) is 11.3 Å². The molecule has 1 heterocycles. The van der Waals surface area contributed by atoms with Crippen molar-refractivity contribution in [2.24, 2.45) is 4.99 Å². The van der Waals surface area contributed by atoms with Crippen molar-refractivity contribution in [1.29, 1.82) is 0 Å². The lowest BCUT2D eigenvalue weighted by atomic mass is 10.1. The molecule has 4 nitrogen and oxygen atoms in total. The number of aryl methyl sites for hydroxylation is 1. The van der Waals surface area contributed by atoms with Crippen LogP contribution in [-0.2, 0) is 13.0 Å². The van der Waals surface area contributed by atoms with Gasteiger partial charge in [0, 0.05) is 16.4 Å². The molecule has 0 saturated heterocycles. The van der Waals surface area contributed by atoms with E-state index >= 15 is 0 Å². The van der Waals surface area contributed by atoms with E-state index in [-0.39, 0.29) is 5.82 Å². The van der Waals surface area contributed by atoms with E-state index in [0.717, 1.165) is 29.0 Å². The molecule has 0 aliphatic heterocycles. The molecule has 7 heteroatoms. The highest BCUT2D eigenvalue weighted by atomic mass is 35.5. The summed E-state index contributed by atoms with van der Waals surface area (Å²) in [6.45, 7) is 4.73. The summed E-state index contributed by atoms with van der Waals surface area (Å²) in [5, 5.41) is 0.442. The summed E-state index contributed by atoms with van der Waals surface area (Å²) in [4.78, 5) is 19.0. The number of nitrogens with zero attached hydrogens (tertiary/aromatic N) is 2. The van der Waals surface area contributed by atoms with Crippen LogP contribution in [0.1, 0.15) is 35.5 Å². The van der Waals surface area contributed by atoms with E-state index in [1.165, 1.54) is 30.6 Å². The minimum absolute atomic E-state index is 0.280. The van der Waals surface area contributed by atoms with Gasteiger partial charge >= 0.3 is 0 Å². The zero-order valence-corrected chi connectivity index (χ0v) is 18.1. The molecule has 0 unspecified atom stereocenters. The van der Waals surface area contributed by atoms with Crippen LogP contribution in [0.3, 0.4) is 0 Å². The zero-order chi connectivity index (χ0) is 21.0. The van der Waals surface area contributed by atoms with Crippen LogP contribution in [0.5, 0.6) is 5.75 Å². The van der Waals surface area contributed by atoms with E-state index in [4.69, 9.17) is 16.3 Å². The molecule has 1 aromatic heterocycles. The Kier molecular flexibility index (Phi) is 6.87. The van der Waals surface area contributed by atoms with Crippen molar-refractivity contribution in [1.82, 2.24) is 4.57 Å². The summed E-state index contributed by atoms with van der Waals surface area (Å²) in [6, 6.07) is 11.3. The molecule has 0 atom stereocenters. The van der Waals surface area contributed by atoms with E-state index in [9.17, 15) is 9.18 Å². The Hall–Kier alpha value is -2.44. The van der Waals surface area contributed by atoms with Crippen molar-refractivity contribution in [3.8, 4) is 17.0 Å². The maximum atomic E-state index is 13.4. The second-order valence-corrected chi connectivity index (χ2v) is 7.92. The van der Waals surface area contributed by atoms with Crippen LogP contribution in [0.15, 0.2) is 47.5 Å². The Bertz CT molecular complexity index is 1090. The standard InChI is InChI=1S/C22H22ClFN2O2S/c1-4-6-19-20(14-7-10-16(24)11-8-14)26(5-2)22(29-19)25-21(27)17-13-15(23)9-12-18(17)28-3/h7-13H,4-6H2,1-3H3. The van der Waals surface area contributed by atoms with Gasteiger partial charge in [0.05, 0.1) is 18.4 Å². The summed E-state index contributed by atoms with van der Waals surface area (Å²) in [5.41, 5.74) is 2.20. The van der Waals surface area contributed by atoms with E-state index < -0.39 is 5.91 Å². The summed E-state index contributed by atoms with van der Waals surface area (Å²) in [7, 11) is 1.50. The fourth-order valence-corrected chi connectivity index (χ4v) is 4.63. The van der Waals surface area contributed by atoms with E-state index in [2.05, 4.69) is 11.9 Å². The molecule has 0 spiro atoms. The van der Waals surface area contributed by atoms with Crippen molar-refractivity contribution < 1.29 is 13.9 Å². The van der Waals surface area contributed by atoms with Gasteiger partial charge in [-0.05, 0) is 61.4 Å². The van der Waals surface area contributed by atoms with Crippen LogP contribution in [0.25, 0.3) is 11.3 Å². The van der Waals surface area contributed by atoms with Crippen molar-refractivity contribution in [2.75, 3.05) is 7.11 Å². The van der Waals surface area contributed by atoms with E-state index in [1.807, 2.05) is 11.5 Å². The number of thiazole rings is 1. The number of amides is 1. The number of methoxy groups -OCH3 is 1. The predicted molar refractivity (Wildman–Crippen MR) is 115 cm³/mol. The molecule has 0 aliphatic rings. The topological polar surface area (TPSA) is 43.6 Å². The van der Waals surface area contributed by atoms with Crippen LogP contribution in [0.2, 0.25) is 5.02 Å². The van der Waals surface area contributed by atoms with Crippen LogP contribution >= 0.6 is 22.9 Å². The van der Waals surface area contributed by atoms with Gasteiger partial charge in [0.25, 0.3) is 5.91 Å². The quantitative estimate of drug-likeness (QED) is 0.499. The molecule has 0 saturated carbocycles. The number of hydrogen-bond acceptors (Lipinski definition) is 3. The number of aromatic nitrogens is 1. The monoisotopic (exact) mass is 432 g/mol. The van der Waals surface area contributed by atoms with Gasteiger partial charge in [0.2, 0.25) is 0 Å². The molecule has 29 heavy (non-hydrogen) atoms. The van der Waals surface area contributed by atoms with Crippen molar-refractivity contribution in [3.63, 3.8) is 0 Å². The predicted octanol–water partition coefficient (Wildman–Crippen LogP) is 5.73. The third-order valence-electron chi connectivity index (χ3n) is 4.48. The average Bonchev–Trinajstić information content (AvgIpc) is 3.05. The van der Waals surface area contributed by atoms with Crippen molar-refractivity contribution >= 4 is 28.8 Å². The Morgan fingerprint density at radius 3 is 2.55 bits per heavy atom. The Morgan fingerprint density at radius 1 is 1.21 bits per heavy atom. The lowest BCUT2D eigenvalue weighted by molar-refractivity contribution is 0.0995. The van der Waals surface area contributed by atoms with Gasteiger partial charge in [-0.3, -0.25) is 4.79 Å². The minimum atomic E-state index is -0.415. The van der Waals surface area contributed by atoms with E-state index in [1.54, 1.807) is 30.3 Å². The number of hydrogen-bond donors (Lipinski definition) is 0. The third kappa shape index (κ3) is 4.60. The van der Waals surface area contributed by atoms with Crippen LogP contribution < -0.4 is 9.54 Å². The number of carbonyl (C=O) groups excluding carboxylic acids is 1. The van der Waals surface area contributed by atoms with Crippen molar-refractivity contribution in [3.05, 3.63) is 68.5 Å². The number of benzene rings is 2. The molecule has 1 amide bonds. The fraction of sp³-hybridized carbons (Fsp3) is 0.273. The van der Waals surface area contributed by atoms with Gasteiger partial charge in [-0.2, -0.15) is 4.99 Å². The van der Waals surface area contributed by atoms with E-state index in [0.29, 0.717) is 27.7 Å². The van der Waals surface area contributed by atoms with Gasteiger partial charge in [0.1, 0.15) is 11.6 Å². The highest BCUT2D eigenvalue weighted by Gasteiger charge is 2.17. The fourth-order valence-electron chi connectivity index (χ4n) is 3.15. The molecule has 3 aromatic rings. The maximum Gasteiger partial charge on any atom is 0.283 e. The molecular formula is C22H22ClFN2O2S. The highest BCUT2D eigenvalue weighted by molar-refractivity contribution is 7.09. The highest BCUT2D eigenvalue weighted by Crippen LogP contribution is 2.28. The normalized spacial score (nSPS) is 11.7. The summed E-state index contributed by atoms with van der Waals surface area (Å²) >= 11 is 7.54. The van der Waals surface area contributed by atoms with Crippen LogP contribution in [0.4, 0.5) is 4.39 Å². The lowest BCUT2D eigenvalue weighted by Gasteiger charge is -2.09. The second kappa shape index (κ2) is 9.37. The number of carbonyl (C=O) groups is 1. The lowest BCUT2D eigenvalue weighted by Crippen LogP contribution is -2.17. The molecule has 0 bridgehead atoms. The zero-order valence-electron chi connectivity index (χ0n) is 16.5. The van der Waals surface area contributed by atoms with Gasteiger partial charge in [-0.1, -0.05) is 24.9 Å². The first-order valence-electron chi connectivity index (χ1n) is 9.39. The molecule has 2 aromatic carbocycles. The Balaban J connectivity index is 2.17. The van der Waals surface area contributed by atoms with Crippen LogP contribution in [-0.4, -0.2) is 17.6 Å². The van der Waals surface area contributed by atoms with Crippen LogP contribution in [0, 0.1) is 5.82 Å². The van der Waals surface area contributed by atoms with Crippen molar-refractivity contribution in [2.45, 2.75) is 33.2 Å². The van der Waals surface area contributed by atoms with Gasteiger partial charge in [0.15, 0.2) is 4.80 Å². The molecule has 152 valence electrons. The summed E-state index contributed by atoms with van der Waals surface area (Å²) in [5.74, 6) is -0.269. The molecule has 0 fully saturated rings. The second-order valence-electron chi connectivity index (χ2n) is 6.42. The summed E-state index contributed by atoms with van der Waals surface area (Å²) in [6.07, 6.45) is 1.80. The molecule has 0 N–H and O–H groups in total. The number of ether oxygens (including phenoxy) is 1. The minimum Gasteiger partial charge on any atom is -0.496 e. The van der Waals surface area contributed by atoms with Gasteiger partial charge in [-0.25, -0.2) is 4.39 Å². The summed E-state index contributed by atoms with van der Waals surface area (Å²) < 4.78 is 20.7. The SMILES string of the molecule is CCCc1sc(=NC(=O)c2cc(Cl)ccc2OC)n(CC)c1-c1ccc(F)cc1. The molecule has 3 rings (SSSR count). The smallest absolute Gasteiger partial charge is 0.283 e. The number of halogens is 2. The third-order valence-corrected chi connectivity index (χ3v) is 5.85. The number of rotatable bonds is 6. The Labute approximate surface area is 178 Å². The average molecular weight is 433 g/mol. The maximum absolute atomic E-state index is 13.4.